The molecule has 2 nitrogen and oxygen atoms in total. The number of hydrogen-bond acceptors (Lipinski definition) is 2. The number of anilines is 1. The van der Waals surface area contributed by atoms with Crippen molar-refractivity contribution in [2.24, 2.45) is 0 Å². The molecule has 2 aromatic rings. The van der Waals surface area contributed by atoms with E-state index in [1.165, 1.54) is 12.1 Å². The number of nitrogens with one attached hydrogen (secondary N) is 1. The van der Waals surface area contributed by atoms with E-state index in [9.17, 15) is 4.39 Å². The van der Waals surface area contributed by atoms with Gasteiger partial charge in [-0.25, -0.2) is 4.39 Å². The summed E-state index contributed by atoms with van der Waals surface area (Å²) in [5, 5.41) is 12.2. The zero-order chi connectivity index (χ0) is 12.1. The number of rotatable bonds is 4. The summed E-state index contributed by atoms with van der Waals surface area (Å²) in [6.45, 7) is 0.668. The second-order valence-electron chi connectivity index (χ2n) is 3.84. The molecule has 0 unspecified atom stereocenters. The lowest BCUT2D eigenvalue weighted by atomic mass is 10.2. The van der Waals surface area contributed by atoms with E-state index in [0.717, 1.165) is 16.8 Å². The van der Waals surface area contributed by atoms with Gasteiger partial charge < -0.3 is 10.4 Å². The Kier molecular flexibility index (Phi) is 3.73. The molecule has 0 aliphatic rings. The molecular formula is C14H14FNO. The second kappa shape index (κ2) is 5.46. The Morgan fingerprint density at radius 1 is 1.00 bits per heavy atom. The maximum absolute atomic E-state index is 12.7. The molecule has 0 bridgehead atoms. The molecule has 2 aromatic carbocycles. The molecule has 0 saturated heterocycles. The van der Waals surface area contributed by atoms with Crippen molar-refractivity contribution >= 4 is 5.69 Å². The van der Waals surface area contributed by atoms with Crippen molar-refractivity contribution < 1.29 is 9.50 Å². The Bertz CT molecular complexity index is 482. The van der Waals surface area contributed by atoms with Crippen LogP contribution in [0.3, 0.4) is 0 Å². The third-order valence-electron chi connectivity index (χ3n) is 2.52. The second-order valence-corrected chi connectivity index (χ2v) is 3.84. The Balaban J connectivity index is 1.99. The van der Waals surface area contributed by atoms with Gasteiger partial charge >= 0.3 is 0 Å². The highest BCUT2D eigenvalue weighted by Crippen LogP contribution is 2.12. The first-order chi connectivity index (χ1) is 8.28. The van der Waals surface area contributed by atoms with Gasteiger partial charge in [-0.3, -0.25) is 0 Å². The molecule has 0 heterocycles. The van der Waals surface area contributed by atoms with Gasteiger partial charge in [0.15, 0.2) is 0 Å². The molecule has 0 saturated carbocycles. The quantitative estimate of drug-likeness (QED) is 0.848. The Morgan fingerprint density at radius 3 is 2.47 bits per heavy atom. The lowest BCUT2D eigenvalue weighted by molar-refractivity contribution is 0.282. The Hall–Kier alpha value is -1.87. The fourth-order valence-electron chi connectivity index (χ4n) is 1.59. The van der Waals surface area contributed by atoms with Gasteiger partial charge in [0, 0.05) is 12.2 Å². The van der Waals surface area contributed by atoms with Crippen molar-refractivity contribution in [3.05, 3.63) is 65.5 Å². The number of hydrogen-bond donors (Lipinski definition) is 2. The third kappa shape index (κ3) is 3.29. The molecule has 2 N–H and O–H groups in total. The van der Waals surface area contributed by atoms with Gasteiger partial charge in [-0.2, -0.15) is 0 Å². The van der Waals surface area contributed by atoms with Crippen LogP contribution in [-0.2, 0) is 13.2 Å². The largest absolute Gasteiger partial charge is 0.392 e. The summed E-state index contributed by atoms with van der Waals surface area (Å²) in [7, 11) is 0. The highest BCUT2D eigenvalue weighted by atomic mass is 19.1. The average Bonchev–Trinajstić information content (AvgIpc) is 2.38. The van der Waals surface area contributed by atoms with Gasteiger partial charge in [-0.15, -0.1) is 0 Å². The van der Waals surface area contributed by atoms with Crippen molar-refractivity contribution in [2.45, 2.75) is 13.2 Å². The molecule has 3 heteroatoms. The summed E-state index contributed by atoms with van der Waals surface area (Å²) < 4.78 is 12.7. The first-order valence-electron chi connectivity index (χ1n) is 5.46. The van der Waals surface area contributed by atoms with E-state index < -0.39 is 0 Å². The molecule has 0 radical (unpaired) electrons. The lowest BCUT2D eigenvalue weighted by Crippen LogP contribution is -1.99. The predicted molar refractivity (Wildman–Crippen MR) is 66.1 cm³/mol. The van der Waals surface area contributed by atoms with E-state index in [1.54, 1.807) is 12.1 Å². The van der Waals surface area contributed by atoms with Crippen LogP contribution in [0.25, 0.3) is 0 Å². The zero-order valence-corrected chi connectivity index (χ0v) is 9.36. The van der Waals surface area contributed by atoms with Gasteiger partial charge in [0.1, 0.15) is 5.82 Å². The van der Waals surface area contributed by atoms with E-state index in [2.05, 4.69) is 5.32 Å². The van der Waals surface area contributed by atoms with Gasteiger partial charge in [-0.1, -0.05) is 24.3 Å². The normalized spacial score (nSPS) is 10.2. The molecule has 2 rings (SSSR count). The van der Waals surface area contributed by atoms with Crippen molar-refractivity contribution in [1.29, 1.82) is 0 Å². The summed E-state index contributed by atoms with van der Waals surface area (Å²) >= 11 is 0. The SMILES string of the molecule is OCc1cccc(NCc2ccc(F)cc2)c1. The highest BCUT2D eigenvalue weighted by molar-refractivity contribution is 5.46. The smallest absolute Gasteiger partial charge is 0.123 e. The zero-order valence-electron chi connectivity index (χ0n) is 9.36. The first-order valence-corrected chi connectivity index (χ1v) is 5.46. The van der Waals surface area contributed by atoms with E-state index in [0.29, 0.717) is 6.54 Å². The van der Waals surface area contributed by atoms with Crippen LogP contribution in [0.1, 0.15) is 11.1 Å². The molecular weight excluding hydrogens is 217 g/mol. The van der Waals surface area contributed by atoms with Crippen LogP contribution in [0.2, 0.25) is 0 Å². The minimum Gasteiger partial charge on any atom is -0.392 e. The average molecular weight is 231 g/mol. The summed E-state index contributed by atoms with van der Waals surface area (Å²) in [5.41, 5.74) is 2.83. The maximum atomic E-state index is 12.7. The Morgan fingerprint density at radius 2 is 1.76 bits per heavy atom. The third-order valence-corrected chi connectivity index (χ3v) is 2.52. The minimum atomic E-state index is -0.226. The molecule has 0 spiro atoms. The molecule has 17 heavy (non-hydrogen) atoms. The van der Waals surface area contributed by atoms with Gasteiger partial charge in [-0.05, 0) is 35.4 Å². The molecule has 88 valence electrons. The molecule has 0 aliphatic carbocycles. The summed E-state index contributed by atoms with van der Waals surface area (Å²) in [6, 6.07) is 14.0. The van der Waals surface area contributed by atoms with Crippen LogP contribution >= 0.6 is 0 Å². The van der Waals surface area contributed by atoms with Gasteiger partial charge in [0.2, 0.25) is 0 Å². The molecule has 0 fully saturated rings. The van der Waals surface area contributed by atoms with E-state index in [-0.39, 0.29) is 12.4 Å². The van der Waals surface area contributed by atoms with Crippen molar-refractivity contribution in [1.82, 2.24) is 0 Å². The van der Waals surface area contributed by atoms with E-state index in [1.807, 2.05) is 24.3 Å². The number of benzene rings is 2. The van der Waals surface area contributed by atoms with Crippen LogP contribution < -0.4 is 5.32 Å². The van der Waals surface area contributed by atoms with Crippen molar-refractivity contribution in [3.8, 4) is 0 Å². The maximum Gasteiger partial charge on any atom is 0.123 e. The fraction of sp³-hybridized carbons (Fsp3) is 0.143. The number of aliphatic hydroxyl groups excluding tert-OH is 1. The first kappa shape index (κ1) is 11.6. The van der Waals surface area contributed by atoms with Crippen LogP contribution in [0.5, 0.6) is 0 Å². The molecule has 0 amide bonds. The molecule has 0 aliphatic heterocycles. The van der Waals surface area contributed by atoms with Crippen molar-refractivity contribution in [3.63, 3.8) is 0 Å². The predicted octanol–water partition coefficient (Wildman–Crippen LogP) is 2.93. The van der Waals surface area contributed by atoms with Crippen molar-refractivity contribution in [2.75, 3.05) is 5.32 Å². The summed E-state index contributed by atoms with van der Waals surface area (Å²) in [5.74, 6) is -0.226. The summed E-state index contributed by atoms with van der Waals surface area (Å²) in [6.07, 6.45) is 0. The Labute approximate surface area is 99.7 Å². The molecule has 0 aromatic heterocycles. The van der Waals surface area contributed by atoms with Crippen LogP contribution in [0.15, 0.2) is 48.5 Å². The highest BCUT2D eigenvalue weighted by Gasteiger charge is 1.96. The number of aliphatic hydroxyl groups is 1. The standard InChI is InChI=1S/C14H14FNO/c15-13-6-4-11(5-7-13)9-16-14-3-1-2-12(8-14)10-17/h1-8,16-17H,9-10H2. The van der Waals surface area contributed by atoms with Gasteiger partial charge in [0.05, 0.1) is 6.61 Å². The lowest BCUT2D eigenvalue weighted by Gasteiger charge is -2.07. The molecule has 0 atom stereocenters. The van der Waals surface area contributed by atoms with E-state index in [4.69, 9.17) is 5.11 Å². The minimum absolute atomic E-state index is 0.0338. The number of halogens is 1. The van der Waals surface area contributed by atoms with Crippen LogP contribution in [0.4, 0.5) is 10.1 Å². The van der Waals surface area contributed by atoms with Crippen LogP contribution in [0, 0.1) is 5.82 Å². The fourth-order valence-corrected chi connectivity index (χ4v) is 1.59. The van der Waals surface area contributed by atoms with Gasteiger partial charge in [0.25, 0.3) is 0 Å². The monoisotopic (exact) mass is 231 g/mol. The summed E-state index contributed by atoms with van der Waals surface area (Å²) in [4.78, 5) is 0. The van der Waals surface area contributed by atoms with E-state index >= 15 is 0 Å². The topological polar surface area (TPSA) is 32.3 Å². The van der Waals surface area contributed by atoms with Crippen LogP contribution in [-0.4, -0.2) is 5.11 Å².